The maximum absolute atomic E-state index is 12.0. The molecule has 0 fully saturated rings. The van der Waals surface area contributed by atoms with Crippen LogP contribution in [0.5, 0.6) is 5.75 Å². The Labute approximate surface area is 83.2 Å². The summed E-state index contributed by atoms with van der Waals surface area (Å²) in [6.07, 6.45) is -3.79. The van der Waals surface area contributed by atoms with Crippen LogP contribution in [0.2, 0.25) is 0 Å². The number of alkyl halides is 3. The van der Waals surface area contributed by atoms with E-state index in [-0.39, 0.29) is 11.1 Å². The lowest BCUT2D eigenvalue weighted by molar-refractivity contribution is -0.274. The van der Waals surface area contributed by atoms with Crippen molar-refractivity contribution in [3.8, 4) is 5.75 Å². The molecule has 79 valence electrons. The standard InChI is InChI=1S/C10H6F3O2/c1-6-2-3-8-7(4-6)9(5-14-8)15-10(11,12)13/h2-5H,1H2. The molecule has 0 N–H and O–H groups in total. The predicted octanol–water partition coefficient (Wildman–Crippen LogP) is 3.51. The van der Waals surface area contributed by atoms with Crippen LogP contribution < -0.4 is 4.74 Å². The maximum Gasteiger partial charge on any atom is 0.573 e. The molecule has 5 heteroatoms. The van der Waals surface area contributed by atoms with E-state index < -0.39 is 6.36 Å². The maximum atomic E-state index is 12.0. The van der Waals surface area contributed by atoms with E-state index in [2.05, 4.69) is 11.7 Å². The van der Waals surface area contributed by atoms with Crippen LogP contribution in [0.3, 0.4) is 0 Å². The Hall–Kier alpha value is -1.65. The molecule has 2 rings (SSSR count). The number of furan rings is 1. The Kier molecular flexibility index (Phi) is 2.10. The molecule has 1 aromatic heterocycles. The Morgan fingerprint density at radius 2 is 2.00 bits per heavy atom. The zero-order chi connectivity index (χ0) is 11.1. The fourth-order valence-corrected chi connectivity index (χ4v) is 1.26. The number of hydrogen-bond donors (Lipinski definition) is 0. The summed E-state index contributed by atoms with van der Waals surface area (Å²) in [6, 6.07) is 4.66. The number of hydrogen-bond acceptors (Lipinski definition) is 2. The zero-order valence-corrected chi connectivity index (χ0v) is 7.47. The Morgan fingerprint density at radius 1 is 1.27 bits per heavy atom. The number of fused-ring (bicyclic) bond motifs is 1. The van der Waals surface area contributed by atoms with E-state index in [4.69, 9.17) is 4.42 Å². The van der Waals surface area contributed by atoms with Crippen molar-refractivity contribution in [2.24, 2.45) is 0 Å². The first kappa shape index (κ1) is 9.89. The topological polar surface area (TPSA) is 22.4 Å². The molecule has 0 aliphatic heterocycles. The monoisotopic (exact) mass is 215 g/mol. The molecule has 0 bridgehead atoms. The van der Waals surface area contributed by atoms with Gasteiger partial charge in [0.25, 0.3) is 0 Å². The van der Waals surface area contributed by atoms with Gasteiger partial charge in [0.1, 0.15) is 11.8 Å². The first-order valence-corrected chi connectivity index (χ1v) is 4.05. The highest BCUT2D eigenvalue weighted by atomic mass is 19.4. The van der Waals surface area contributed by atoms with Gasteiger partial charge >= 0.3 is 6.36 Å². The smallest absolute Gasteiger partial charge is 0.460 e. The average molecular weight is 215 g/mol. The average Bonchev–Trinajstić information content (AvgIpc) is 2.46. The summed E-state index contributed by atoms with van der Waals surface area (Å²) < 4.78 is 44.6. The summed E-state index contributed by atoms with van der Waals surface area (Å²) in [4.78, 5) is 0. The molecule has 2 nitrogen and oxygen atoms in total. The summed E-state index contributed by atoms with van der Waals surface area (Å²) in [7, 11) is 0. The Morgan fingerprint density at radius 3 is 2.67 bits per heavy atom. The van der Waals surface area contributed by atoms with Crippen molar-refractivity contribution in [1.29, 1.82) is 0 Å². The lowest BCUT2D eigenvalue weighted by atomic mass is 10.2. The predicted molar refractivity (Wildman–Crippen MR) is 47.4 cm³/mol. The highest BCUT2D eigenvalue weighted by molar-refractivity contribution is 5.84. The van der Waals surface area contributed by atoms with E-state index in [1.54, 1.807) is 12.1 Å². The quantitative estimate of drug-likeness (QED) is 0.726. The van der Waals surface area contributed by atoms with Crippen LogP contribution in [-0.4, -0.2) is 6.36 Å². The molecule has 1 radical (unpaired) electrons. The molecule has 0 amide bonds. The first-order valence-electron chi connectivity index (χ1n) is 4.05. The van der Waals surface area contributed by atoms with Gasteiger partial charge in [-0.25, -0.2) is 0 Å². The minimum absolute atomic E-state index is 0.264. The van der Waals surface area contributed by atoms with Gasteiger partial charge in [-0.2, -0.15) is 0 Å². The zero-order valence-electron chi connectivity index (χ0n) is 7.47. The van der Waals surface area contributed by atoms with E-state index >= 15 is 0 Å². The SMILES string of the molecule is [CH2]c1ccc2occ(OC(F)(F)F)c2c1. The minimum Gasteiger partial charge on any atom is -0.460 e. The first-order chi connectivity index (χ1) is 6.96. The molecule has 1 aromatic carbocycles. The molecular weight excluding hydrogens is 209 g/mol. The summed E-state index contributed by atoms with van der Waals surface area (Å²) in [5, 5.41) is 0.264. The van der Waals surface area contributed by atoms with Crippen molar-refractivity contribution in [3.63, 3.8) is 0 Å². The number of rotatable bonds is 1. The number of benzene rings is 1. The normalized spacial score (nSPS) is 12.0. The summed E-state index contributed by atoms with van der Waals surface area (Å²) >= 11 is 0. The molecule has 2 aromatic rings. The van der Waals surface area contributed by atoms with Gasteiger partial charge in [0.05, 0.1) is 5.39 Å². The van der Waals surface area contributed by atoms with Gasteiger partial charge in [-0.1, -0.05) is 6.07 Å². The van der Waals surface area contributed by atoms with Crippen LogP contribution in [-0.2, 0) is 0 Å². The van der Waals surface area contributed by atoms with Crippen LogP contribution in [0.4, 0.5) is 13.2 Å². The van der Waals surface area contributed by atoms with Gasteiger partial charge < -0.3 is 9.15 Å². The van der Waals surface area contributed by atoms with Gasteiger partial charge in [0.15, 0.2) is 5.75 Å². The molecule has 15 heavy (non-hydrogen) atoms. The Bertz CT molecular complexity index is 485. The van der Waals surface area contributed by atoms with E-state index in [1.807, 2.05) is 0 Å². The fraction of sp³-hybridized carbons (Fsp3) is 0.100. The van der Waals surface area contributed by atoms with Crippen molar-refractivity contribution in [3.05, 3.63) is 36.9 Å². The van der Waals surface area contributed by atoms with Crippen molar-refractivity contribution in [2.45, 2.75) is 6.36 Å². The molecule has 0 aliphatic rings. The third-order valence-corrected chi connectivity index (χ3v) is 1.83. The molecule has 0 saturated carbocycles. The van der Waals surface area contributed by atoms with Crippen LogP contribution in [0.25, 0.3) is 11.0 Å². The molecule has 0 unspecified atom stereocenters. The van der Waals surface area contributed by atoms with Gasteiger partial charge in [-0.05, 0) is 24.6 Å². The molecule has 1 heterocycles. The fourth-order valence-electron chi connectivity index (χ4n) is 1.26. The molecule has 0 aliphatic carbocycles. The van der Waals surface area contributed by atoms with Crippen molar-refractivity contribution < 1.29 is 22.3 Å². The molecular formula is C10H6F3O2. The molecule has 0 saturated heterocycles. The van der Waals surface area contributed by atoms with Crippen LogP contribution in [0.15, 0.2) is 28.9 Å². The van der Waals surface area contributed by atoms with Crippen molar-refractivity contribution in [1.82, 2.24) is 0 Å². The lowest BCUT2D eigenvalue weighted by Crippen LogP contribution is -2.16. The van der Waals surface area contributed by atoms with Crippen molar-refractivity contribution >= 4 is 11.0 Å². The molecule has 0 atom stereocenters. The van der Waals surface area contributed by atoms with Crippen LogP contribution >= 0.6 is 0 Å². The lowest BCUT2D eigenvalue weighted by Gasteiger charge is -2.06. The highest BCUT2D eigenvalue weighted by Crippen LogP contribution is 2.32. The van der Waals surface area contributed by atoms with Gasteiger partial charge in [0.2, 0.25) is 0 Å². The van der Waals surface area contributed by atoms with E-state index in [9.17, 15) is 13.2 Å². The second kappa shape index (κ2) is 3.18. The number of ether oxygens (including phenoxy) is 1. The Balaban J connectivity index is 2.48. The summed E-state index contributed by atoms with van der Waals surface area (Å²) in [5.74, 6) is -0.344. The van der Waals surface area contributed by atoms with Gasteiger partial charge in [0, 0.05) is 0 Å². The third kappa shape index (κ3) is 2.06. The van der Waals surface area contributed by atoms with Gasteiger partial charge in [-0.3, -0.25) is 0 Å². The van der Waals surface area contributed by atoms with Gasteiger partial charge in [-0.15, -0.1) is 13.2 Å². The van der Waals surface area contributed by atoms with E-state index in [0.717, 1.165) is 6.26 Å². The van der Waals surface area contributed by atoms with Crippen LogP contribution in [0, 0.1) is 6.92 Å². The van der Waals surface area contributed by atoms with E-state index in [0.29, 0.717) is 11.1 Å². The number of halogens is 3. The second-order valence-electron chi connectivity index (χ2n) is 2.98. The largest absolute Gasteiger partial charge is 0.573 e. The summed E-state index contributed by atoms with van der Waals surface area (Å²) in [5.41, 5.74) is 0.928. The minimum atomic E-state index is -4.71. The third-order valence-electron chi connectivity index (χ3n) is 1.83. The summed E-state index contributed by atoms with van der Waals surface area (Å²) in [6.45, 7) is 3.61. The second-order valence-corrected chi connectivity index (χ2v) is 2.98. The highest BCUT2D eigenvalue weighted by Gasteiger charge is 2.32. The van der Waals surface area contributed by atoms with E-state index in [1.165, 1.54) is 6.07 Å². The van der Waals surface area contributed by atoms with Crippen LogP contribution in [0.1, 0.15) is 5.56 Å². The molecule has 0 spiro atoms. The van der Waals surface area contributed by atoms with Crippen molar-refractivity contribution in [2.75, 3.05) is 0 Å².